The summed E-state index contributed by atoms with van der Waals surface area (Å²) in [5, 5.41) is 16.3. The first-order valence-electron chi connectivity index (χ1n) is 13.5. The normalized spacial score (nSPS) is 17.3. The van der Waals surface area contributed by atoms with Crippen LogP contribution < -0.4 is 15.4 Å². The second kappa shape index (κ2) is 12.4. The van der Waals surface area contributed by atoms with Gasteiger partial charge >= 0.3 is 0 Å². The maximum Gasteiger partial charge on any atom is 0.280 e. The Labute approximate surface area is 227 Å². The molecule has 3 N–H and O–H groups in total. The van der Waals surface area contributed by atoms with E-state index in [0.717, 1.165) is 24.2 Å². The van der Waals surface area contributed by atoms with Crippen LogP contribution in [0.25, 0.3) is 10.4 Å². The lowest BCUT2D eigenvalue weighted by Crippen LogP contribution is -2.39. The molecule has 38 heavy (non-hydrogen) atoms. The number of amides is 2. The summed E-state index contributed by atoms with van der Waals surface area (Å²) in [5.41, 5.74) is -0.404. The first-order chi connectivity index (χ1) is 18.1. The summed E-state index contributed by atoms with van der Waals surface area (Å²) in [6.07, 6.45) is 7.12. The van der Waals surface area contributed by atoms with Crippen molar-refractivity contribution in [1.82, 2.24) is 20.2 Å². The minimum absolute atomic E-state index is 0.0291. The summed E-state index contributed by atoms with van der Waals surface area (Å²) in [6, 6.07) is 2.20. The number of nitrogens with zero attached hydrogens (tertiary/aromatic N) is 3. The van der Waals surface area contributed by atoms with Crippen LogP contribution in [0.1, 0.15) is 86.0 Å². The molecule has 0 unspecified atom stereocenters. The molecule has 1 aliphatic heterocycles. The van der Waals surface area contributed by atoms with Crippen LogP contribution >= 0.6 is 11.3 Å². The number of aliphatic hydroxyl groups is 1. The quantitative estimate of drug-likeness (QED) is 0.425. The van der Waals surface area contributed by atoms with Gasteiger partial charge in [0.2, 0.25) is 0 Å². The molecule has 0 atom stereocenters. The van der Waals surface area contributed by atoms with Crippen molar-refractivity contribution < 1.29 is 23.8 Å². The van der Waals surface area contributed by atoms with Gasteiger partial charge in [-0.05, 0) is 46.5 Å². The van der Waals surface area contributed by atoms with Crippen LogP contribution in [0.2, 0.25) is 0 Å². The molecule has 1 saturated carbocycles. The average Bonchev–Trinajstić information content (AvgIpc) is 3.33. The van der Waals surface area contributed by atoms with Gasteiger partial charge in [-0.15, -0.1) is 11.3 Å². The number of thiazole rings is 1. The number of ether oxygens (including phenoxy) is 1. The van der Waals surface area contributed by atoms with E-state index in [1.54, 1.807) is 24.9 Å². The van der Waals surface area contributed by atoms with E-state index in [1.807, 2.05) is 13.0 Å². The molecule has 0 bridgehead atoms. The first kappa shape index (κ1) is 28.2. The van der Waals surface area contributed by atoms with Gasteiger partial charge in [-0.1, -0.05) is 19.3 Å². The highest BCUT2D eigenvalue weighted by molar-refractivity contribution is 7.17. The van der Waals surface area contributed by atoms with Gasteiger partial charge in [-0.3, -0.25) is 9.59 Å². The Bertz CT molecular complexity index is 1120. The number of aromatic nitrogens is 2. The van der Waals surface area contributed by atoms with E-state index < -0.39 is 17.7 Å². The monoisotopic (exact) mass is 547 g/mol. The van der Waals surface area contributed by atoms with Crippen LogP contribution in [0, 0.1) is 0 Å². The number of hydrogen-bond donors (Lipinski definition) is 3. The minimum atomic E-state index is -1.10. The van der Waals surface area contributed by atoms with E-state index in [2.05, 4.69) is 20.6 Å². The van der Waals surface area contributed by atoms with Gasteiger partial charge in [0, 0.05) is 37.9 Å². The molecule has 4 rings (SSSR count). The molecule has 2 aromatic heterocycles. The number of carbonyl (C=O) groups excluding carboxylic acids is 2. The third-order valence-electron chi connectivity index (χ3n) is 6.78. The SMILES string of the molecule is CCOc1cc(NC2CCCCC2)ncc1-c1sc(C(=O)NCC(C)(C)O)nc1C(=O)N1CCC(F)CC1. The maximum absolute atomic E-state index is 13.7. The van der Waals surface area contributed by atoms with Gasteiger partial charge in [0.25, 0.3) is 11.8 Å². The van der Waals surface area contributed by atoms with Crippen molar-refractivity contribution in [2.75, 3.05) is 31.6 Å². The number of pyridine rings is 1. The average molecular weight is 548 g/mol. The molecular weight excluding hydrogens is 509 g/mol. The standard InChI is InChI=1S/C27H38FN5O4S/c1-4-37-20-14-21(31-18-8-6-5-7-9-18)29-15-19(20)23-22(26(35)33-12-10-17(28)11-13-33)32-25(38-23)24(34)30-16-27(2,3)36/h14-15,17-18,36H,4-13,16H2,1-3H3,(H,29,31)(H,30,34). The zero-order valence-corrected chi connectivity index (χ0v) is 23.2. The number of carbonyl (C=O) groups is 2. The molecule has 2 aromatic rings. The lowest BCUT2D eigenvalue weighted by Gasteiger charge is -2.28. The summed E-state index contributed by atoms with van der Waals surface area (Å²) in [5.74, 6) is 0.414. The maximum atomic E-state index is 13.7. The predicted octanol–water partition coefficient (Wildman–Crippen LogP) is 4.42. The molecule has 11 heteroatoms. The highest BCUT2D eigenvalue weighted by atomic mass is 32.1. The Balaban J connectivity index is 1.68. The zero-order valence-electron chi connectivity index (χ0n) is 22.4. The Kier molecular flexibility index (Phi) is 9.19. The Morgan fingerprint density at radius 1 is 1.21 bits per heavy atom. The molecular formula is C27H38FN5O4S. The fourth-order valence-electron chi connectivity index (χ4n) is 4.74. The van der Waals surface area contributed by atoms with Gasteiger partial charge in [-0.2, -0.15) is 0 Å². The van der Waals surface area contributed by atoms with Crippen LogP contribution in [0.4, 0.5) is 10.2 Å². The predicted molar refractivity (Wildman–Crippen MR) is 146 cm³/mol. The van der Waals surface area contributed by atoms with Gasteiger partial charge in [-0.25, -0.2) is 14.4 Å². The molecule has 1 aliphatic carbocycles. The Morgan fingerprint density at radius 2 is 1.92 bits per heavy atom. The molecule has 9 nitrogen and oxygen atoms in total. The topological polar surface area (TPSA) is 117 Å². The van der Waals surface area contributed by atoms with E-state index in [1.165, 1.54) is 19.3 Å². The number of hydrogen-bond acceptors (Lipinski definition) is 8. The molecule has 0 radical (unpaired) electrons. The smallest absolute Gasteiger partial charge is 0.280 e. The van der Waals surface area contributed by atoms with Gasteiger partial charge in [0.1, 0.15) is 23.4 Å². The summed E-state index contributed by atoms with van der Waals surface area (Å²) in [6.45, 7) is 6.08. The molecule has 2 amide bonds. The molecule has 0 spiro atoms. The Hall–Kier alpha value is -2.79. The van der Waals surface area contributed by atoms with Gasteiger partial charge in [0.15, 0.2) is 5.01 Å². The van der Waals surface area contributed by atoms with Crippen molar-refractivity contribution >= 4 is 29.0 Å². The lowest BCUT2D eigenvalue weighted by atomic mass is 9.95. The van der Waals surface area contributed by atoms with Crippen LogP contribution in [-0.4, -0.2) is 75.8 Å². The van der Waals surface area contributed by atoms with Crippen LogP contribution in [0.3, 0.4) is 0 Å². The zero-order chi connectivity index (χ0) is 27.3. The number of alkyl halides is 1. The largest absolute Gasteiger partial charge is 0.493 e. The fraction of sp³-hybridized carbons (Fsp3) is 0.630. The third-order valence-corrected chi connectivity index (χ3v) is 7.87. The Morgan fingerprint density at radius 3 is 2.58 bits per heavy atom. The number of likely N-dealkylation sites (tertiary alicyclic amines) is 1. The summed E-state index contributed by atoms with van der Waals surface area (Å²) >= 11 is 1.08. The van der Waals surface area contributed by atoms with Crippen molar-refractivity contribution in [3.05, 3.63) is 23.0 Å². The number of rotatable bonds is 9. The van der Waals surface area contributed by atoms with E-state index in [-0.39, 0.29) is 49.1 Å². The fourth-order valence-corrected chi connectivity index (χ4v) is 5.72. The van der Waals surface area contributed by atoms with Crippen molar-refractivity contribution in [3.63, 3.8) is 0 Å². The van der Waals surface area contributed by atoms with Crippen LogP contribution in [0.15, 0.2) is 12.3 Å². The summed E-state index contributed by atoms with van der Waals surface area (Å²) in [7, 11) is 0. The molecule has 2 aliphatic rings. The molecule has 2 fully saturated rings. The van der Waals surface area contributed by atoms with E-state index in [0.29, 0.717) is 34.7 Å². The second-order valence-corrected chi connectivity index (χ2v) is 11.6. The summed E-state index contributed by atoms with van der Waals surface area (Å²) < 4.78 is 19.7. The van der Waals surface area contributed by atoms with Crippen molar-refractivity contribution in [1.29, 1.82) is 0 Å². The lowest BCUT2D eigenvalue weighted by molar-refractivity contribution is 0.0660. The number of halogens is 1. The third kappa shape index (κ3) is 7.19. The van der Waals surface area contributed by atoms with Crippen molar-refractivity contribution in [2.45, 2.75) is 83.5 Å². The minimum Gasteiger partial charge on any atom is -0.493 e. The van der Waals surface area contributed by atoms with Crippen molar-refractivity contribution in [2.24, 2.45) is 0 Å². The second-order valence-electron chi connectivity index (χ2n) is 10.6. The number of nitrogens with one attached hydrogen (secondary N) is 2. The molecule has 0 aromatic carbocycles. The highest BCUT2D eigenvalue weighted by Crippen LogP contribution is 2.39. The highest BCUT2D eigenvalue weighted by Gasteiger charge is 2.31. The molecule has 1 saturated heterocycles. The van der Waals surface area contributed by atoms with Crippen LogP contribution in [0.5, 0.6) is 5.75 Å². The van der Waals surface area contributed by atoms with E-state index in [9.17, 15) is 19.1 Å². The van der Waals surface area contributed by atoms with Gasteiger partial charge in [0.05, 0.1) is 22.6 Å². The molecule has 208 valence electrons. The summed E-state index contributed by atoms with van der Waals surface area (Å²) in [4.78, 5) is 37.6. The van der Waals surface area contributed by atoms with Crippen LogP contribution in [-0.2, 0) is 0 Å². The van der Waals surface area contributed by atoms with Crippen molar-refractivity contribution in [3.8, 4) is 16.2 Å². The van der Waals surface area contributed by atoms with E-state index >= 15 is 0 Å². The first-order valence-corrected chi connectivity index (χ1v) is 14.3. The number of piperidine rings is 1. The van der Waals surface area contributed by atoms with Gasteiger partial charge < -0.3 is 25.4 Å². The number of anilines is 1. The van der Waals surface area contributed by atoms with E-state index in [4.69, 9.17) is 4.74 Å². The molecule has 3 heterocycles.